The number of nitrogens with zero attached hydrogens (tertiary/aromatic N) is 3. The molecule has 0 aliphatic carbocycles. The molecule has 150 valence electrons. The minimum atomic E-state index is -0.159. The first-order chi connectivity index (χ1) is 13.4. The normalized spacial score (nSPS) is 16.5. The number of hydrogen-bond donors (Lipinski definition) is 1. The van der Waals surface area contributed by atoms with E-state index in [-0.39, 0.29) is 18.6 Å². The summed E-state index contributed by atoms with van der Waals surface area (Å²) in [6.45, 7) is 7.95. The van der Waals surface area contributed by atoms with Gasteiger partial charge < -0.3 is 19.0 Å². The van der Waals surface area contributed by atoms with Gasteiger partial charge in [0.15, 0.2) is 0 Å². The number of hydrogen-bond acceptors (Lipinski definition) is 5. The fraction of sp³-hybridized carbons (Fsp3) is 0.524. The van der Waals surface area contributed by atoms with Crippen LogP contribution >= 0.6 is 0 Å². The molecule has 2 aromatic rings. The highest BCUT2D eigenvalue weighted by atomic mass is 16.5. The van der Waals surface area contributed by atoms with Gasteiger partial charge in [0, 0.05) is 12.3 Å². The van der Waals surface area contributed by atoms with Crippen LogP contribution in [0.3, 0.4) is 0 Å². The number of anilines is 1. The predicted octanol–water partition coefficient (Wildman–Crippen LogP) is 3.13. The second-order valence-corrected chi connectivity index (χ2v) is 7.52. The average molecular weight is 384 g/mol. The van der Waals surface area contributed by atoms with Crippen molar-refractivity contribution >= 4 is 11.7 Å². The lowest BCUT2D eigenvalue weighted by atomic mass is 10.2. The molecule has 7 nitrogen and oxygen atoms in total. The van der Waals surface area contributed by atoms with Crippen molar-refractivity contribution in [3.05, 3.63) is 40.5 Å². The van der Waals surface area contributed by atoms with Crippen LogP contribution in [0.25, 0.3) is 0 Å². The third-order valence-electron chi connectivity index (χ3n) is 5.24. The summed E-state index contributed by atoms with van der Waals surface area (Å²) in [5, 5.41) is 12.6. The van der Waals surface area contributed by atoms with Crippen molar-refractivity contribution in [2.45, 2.75) is 52.8 Å². The molecule has 1 saturated heterocycles. The van der Waals surface area contributed by atoms with Crippen LogP contribution < -0.4 is 5.32 Å². The van der Waals surface area contributed by atoms with Gasteiger partial charge in [0.1, 0.15) is 23.4 Å². The van der Waals surface area contributed by atoms with E-state index in [0.29, 0.717) is 24.5 Å². The first kappa shape index (κ1) is 20.2. The van der Waals surface area contributed by atoms with E-state index in [1.54, 1.807) is 0 Å². The molecule has 0 radical (unpaired) electrons. The molecule has 1 atom stereocenters. The summed E-state index contributed by atoms with van der Waals surface area (Å²) in [7, 11) is 1.87. The van der Waals surface area contributed by atoms with Crippen molar-refractivity contribution in [2.24, 2.45) is 0 Å². The Hall–Kier alpha value is -2.56. The van der Waals surface area contributed by atoms with E-state index in [0.717, 1.165) is 42.2 Å². The molecule has 1 amide bonds. The number of nitrogens with one attached hydrogen (secondary N) is 1. The maximum Gasteiger partial charge on any atom is 0.239 e. The number of likely N-dealkylation sites (N-methyl/N-ethyl adjacent to an activating group) is 1. The fourth-order valence-corrected chi connectivity index (χ4v) is 3.66. The van der Waals surface area contributed by atoms with E-state index >= 15 is 0 Å². The van der Waals surface area contributed by atoms with Crippen molar-refractivity contribution < 1.29 is 13.9 Å². The van der Waals surface area contributed by atoms with Crippen molar-refractivity contribution in [3.63, 3.8) is 0 Å². The van der Waals surface area contributed by atoms with Gasteiger partial charge in [0.05, 0.1) is 31.3 Å². The minimum absolute atomic E-state index is 0.123. The summed E-state index contributed by atoms with van der Waals surface area (Å²) in [4.78, 5) is 14.5. The smallest absolute Gasteiger partial charge is 0.239 e. The highest BCUT2D eigenvalue weighted by Gasteiger charge is 2.24. The lowest BCUT2D eigenvalue weighted by molar-refractivity contribution is -0.117. The van der Waals surface area contributed by atoms with Crippen LogP contribution in [-0.2, 0) is 22.6 Å². The molecule has 1 N–H and O–H groups in total. The number of ether oxygens (including phenoxy) is 1. The summed E-state index contributed by atoms with van der Waals surface area (Å²) in [6, 6.07) is 6.07. The molecule has 3 rings (SSSR count). The SMILES string of the molecule is Cc1ccc(CN(C)CC(=O)Nc2c(C#N)c(C)c(C)n2CC2CCCO2)o1. The first-order valence-electron chi connectivity index (χ1n) is 9.64. The average Bonchev–Trinajstić information content (AvgIpc) is 3.34. The van der Waals surface area contributed by atoms with E-state index in [1.807, 2.05) is 49.4 Å². The summed E-state index contributed by atoms with van der Waals surface area (Å²) < 4.78 is 13.3. The molecular weight excluding hydrogens is 356 g/mol. The number of carbonyl (C=O) groups excluding carboxylic acids is 1. The van der Waals surface area contributed by atoms with Gasteiger partial charge in [-0.2, -0.15) is 5.26 Å². The number of carbonyl (C=O) groups is 1. The third-order valence-corrected chi connectivity index (χ3v) is 5.24. The molecule has 0 saturated carbocycles. The van der Waals surface area contributed by atoms with Gasteiger partial charge in [0.25, 0.3) is 0 Å². The van der Waals surface area contributed by atoms with Gasteiger partial charge in [-0.3, -0.25) is 9.69 Å². The summed E-state index contributed by atoms with van der Waals surface area (Å²) in [5.41, 5.74) is 2.41. The molecule has 1 aliphatic rings. The Morgan fingerprint density at radius 1 is 1.39 bits per heavy atom. The Labute approximate surface area is 165 Å². The number of nitriles is 1. The Kier molecular flexibility index (Phi) is 6.22. The quantitative estimate of drug-likeness (QED) is 0.793. The van der Waals surface area contributed by atoms with Crippen LogP contribution in [0.5, 0.6) is 0 Å². The van der Waals surface area contributed by atoms with Gasteiger partial charge in [-0.15, -0.1) is 0 Å². The van der Waals surface area contributed by atoms with Crippen LogP contribution in [0.2, 0.25) is 0 Å². The van der Waals surface area contributed by atoms with E-state index in [1.165, 1.54) is 0 Å². The number of amides is 1. The largest absolute Gasteiger partial charge is 0.465 e. The van der Waals surface area contributed by atoms with Gasteiger partial charge >= 0.3 is 0 Å². The maximum atomic E-state index is 12.7. The lowest BCUT2D eigenvalue weighted by Crippen LogP contribution is -2.31. The zero-order valence-electron chi connectivity index (χ0n) is 17.0. The van der Waals surface area contributed by atoms with Crippen LogP contribution in [0, 0.1) is 32.1 Å². The number of rotatable bonds is 7. The number of furan rings is 1. The molecule has 2 aromatic heterocycles. The Morgan fingerprint density at radius 3 is 2.79 bits per heavy atom. The fourth-order valence-electron chi connectivity index (χ4n) is 3.66. The van der Waals surface area contributed by atoms with Crippen LogP contribution in [0.1, 0.15) is 41.2 Å². The lowest BCUT2D eigenvalue weighted by Gasteiger charge is -2.18. The zero-order valence-corrected chi connectivity index (χ0v) is 17.0. The van der Waals surface area contributed by atoms with Gasteiger partial charge in [-0.25, -0.2) is 0 Å². The Balaban J connectivity index is 1.71. The molecule has 1 unspecified atom stereocenters. The molecule has 0 spiro atoms. The van der Waals surface area contributed by atoms with Crippen LogP contribution in [-0.4, -0.2) is 41.7 Å². The summed E-state index contributed by atoms with van der Waals surface area (Å²) >= 11 is 0. The van der Waals surface area contributed by atoms with E-state index in [2.05, 4.69) is 11.4 Å². The topological polar surface area (TPSA) is 83.4 Å². The van der Waals surface area contributed by atoms with Gasteiger partial charge in [-0.05, 0) is 58.4 Å². The minimum Gasteiger partial charge on any atom is -0.465 e. The molecule has 28 heavy (non-hydrogen) atoms. The molecular formula is C21H28N4O3. The van der Waals surface area contributed by atoms with Crippen molar-refractivity contribution in [1.29, 1.82) is 5.26 Å². The van der Waals surface area contributed by atoms with Crippen LogP contribution in [0.4, 0.5) is 5.82 Å². The first-order valence-corrected chi connectivity index (χ1v) is 9.64. The second-order valence-electron chi connectivity index (χ2n) is 7.52. The second kappa shape index (κ2) is 8.63. The van der Waals surface area contributed by atoms with E-state index in [4.69, 9.17) is 9.15 Å². The predicted molar refractivity (Wildman–Crippen MR) is 106 cm³/mol. The van der Waals surface area contributed by atoms with Crippen molar-refractivity contribution in [1.82, 2.24) is 9.47 Å². The highest BCUT2D eigenvalue weighted by Crippen LogP contribution is 2.28. The summed E-state index contributed by atoms with van der Waals surface area (Å²) in [5.74, 6) is 2.08. The molecule has 1 aliphatic heterocycles. The van der Waals surface area contributed by atoms with Gasteiger partial charge in [-0.1, -0.05) is 0 Å². The molecule has 7 heteroatoms. The third kappa shape index (κ3) is 4.46. The molecule has 0 aromatic carbocycles. The summed E-state index contributed by atoms with van der Waals surface area (Å²) in [6.07, 6.45) is 2.17. The van der Waals surface area contributed by atoms with Crippen LogP contribution in [0.15, 0.2) is 16.5 Å². The van der Waals surface area contributed by atoms with Crippen molar-refractivity contribution in [3.8, 4) is 6.07 Å². The van der Waals surface area contributed by atoms with Crippen molar-refractivity contribution in [2.75, 3.05) is 25.5 Å². The Morgan fingerprint density at radius 2 is 2.18 bits per heavy atom. The van der Waals surface area contributed by atoms with E-state index < -0.39 is 0 Å². The maximum absolute atomic E-state index is 12.7. The molecule has 1 fully saturated rings. The van der Waals surface area contributed by atoms with Gasteiger partial charge in [0.2, 0.25) is 5.91 Å². The molecule has 3 heterocycles. The zero-order chi connectivity index (χ0) is 20.3. The highest BCUT2D eigenvalue weighted by molar-refractivity contribution is 5.93. The Bertz CT molecular complexity index is 884. The monoisotopic (exact) mass is 384 g/mol. The van der Waals surface area contributed by atoms with E-state index in [9.17, 15) is 10.1 Å². The standard InChI is InChI=1S/C21H28N4O3/c1-14-7-8-18(28-14)11-24(4)13-20(26)23-21-19(10-22)15(2)16(3)25(21)12-17-6-5-9-27-17/h7-8,17H,5-6,9,11-13H2,1-4H3,(H,23,26). The number of aryl methyl sites for hydroxylation is 1. The number of aromatic nitrogens is 1. The molecule has 0 bridgehead atoms.